The van der Waals surface area contributed by atoms with Gasteiger partial charge in [0, 0.05) is 0 Å². The second-order valence-corrected chi connectivity index (χ2v) is 3.42. The summed E-state index contributed by atoms with van der Waals surface area (Å²) in [5.74, 6) is -1.21. The molecule has 0 saturated heterocycles. The van der Waals surface area contributed by atoms with Crippen molar-refractivity contribution in [3.8, 4) is 0 Å². The lowest BCUT2D eigenvalue weighted by atomic mass is 10.1. The maximum Gasteiger partial charge on any atom is 0.416 e. The molecule has 0 aliphatic heterocycles. The number of hydrogen-bond donors (Lipinski definition) is 1. The SMILES string of the molecule is CC(=NOCC(=O)O)c1cccc(C(F)(F)F)c1. The Hall–Kier alpha value is -2.05. The third kappa shape index (κ3) is 4.08. The molecule has 0 aliphatic carbocycles. The number of carboxylic acid groups (broad SMARTS) is 1. The summed E-state index contributed by atoms with van der Waals surface area (Å²) in [6.07, 6.45) is -4.43. The summed E-state index contributed by atoms with van der Waals surface area (Å²) in [7, 11) is 0. The van der Waals surface area contributed by atoms with Crippen LogP contribution >= 0.6 is 0 Å². The highest BCUT2D eigenvalue weighted by atomic mass is 19.4. The second-order valence-electron chi connectivity index (χ2n) is 3.42. The van der Waals surface area contributed by atoms with Crippen molar-refractivity contribution in [2.45, 2.75) is 13.1 Å². The Morgan fingerprint density at radius 1 is 1.44 bits per heavy atom. The fourth-order valence-corrected chi connectivity index (χ4v) is 1.16. The molecule has 0 fully saturated rings. The van der Waals surface area contributed by atoms with E-state index in [1.807, 2.05) is 0 Å². The number of halogens is 3. The van der Waals surface area contributed by atoms with E-state index in [9.17, 15) is 18.0 Å². The lowest BCUT2D eigenvalue weighted by Gasteiger charge is -2.08. The van der Waals surface area contributed by atoms with Crippen LogP contribution in [0.5, 0.6) is 0 Å². The highest BCUT2D eigenvalue weighted by molar-refractivity contribution is 5.98. The Bertz CT molecular complexity index is 469. The molecule has 7 heteroatoms. The predicted octanol–water partition coefficient (Wildman–Crippen LogP) is 2.53. The molecule has 1 aromatic rings. The largest absolute Gasteiger partial charge is 0.479 e. The standard InChI is InChI=1S/C11H10F3NO3/c1-7(15-18-6-10(16)17)8-3-2-4-9(5-8)11(12,13)14/h2-5H,6H2,1H3,(H,16,17). The number of carbonyl (C=O) groups is 1. The van der Waals surface area contributed by atoms with Crippen LogP contribution in [-0.2, 0) is 15.8 Å². The van der Waals surface area contributed by atoms with Gasteiger partial charge in [0.25, 0.3) is 0 Å². The molecule has 0 radical (unpaired) electrons. The molecule has 0 atom stereocenters. The summed E-state index contributed by atoms with van der Waals surface area (Å²) in [5.41, 5.74) is -0.412. The van der Waals surface area contributed by atoms with Crippen molar-refractivity contribution in [3.63, 3.8) is 0 Å². The minimum Gasteiger partial charge on any atom is -0.479 e. The molecule has 0 amide bonds. The second kappa shape index (κ2) is 5.52. The number of aliphatic carboxylic acids is 1. The van der Waals surface area contributed by atoms with Crippen molar-refractivity contribution in [1.82, 2.24) is 0 Å². The van der Waals surface area contributed by atoms with Gasteiger partial charge in [0.15, 0.2) is 0 Å². The molecule has 98 valence electrons. The van der Waals surface area contributed by atoms with Crippen molar-refractivity contribution in [3.05, 3.63) is 35.4 Å². The normalized spacial score (nSPS) is 12.3. The highest BCUT2D eigenvalue weighted by Gasteiger charge is 2.30. The van der Waals surface area contributed by atoms with Gasteiger partial charge in [-0.05, 0) is 24.6 Å². The molecular formula is C11H10F3NO3. The van der Waals surface area contributed by atoms with Crippen LogP contribution in [0.3, 0.4) is 0 Å². The Labute approximate surface area is 101 Å². The van der Waals surface area contributed by atoms with Gasteiger partial charge in [-0.1, -0.05) is 17.3 Å². The number of hydrogen-bond acceptors (Lipinski definition) is 3. The minimum atomic E-state index is -4.43. The van der Waals surface area contributed by atoms with Gasteiger partial charge >= 0.3 is 12.1 Å². The number of carboxylic acids is 1. The number of oxime groups is 1. The van der Waals surface area contributed by atoms with E-state index < -0.39 is 24.3 Å². The Morgan fingerprint density at radius 3 is 2.67 bits per heavy atom. The monoisotopic (exact) mass is 261 g/mol. The van der Waals surface area contributed by atoms with E-state index in [0.29, 0.717) is 0 Å². The number of rotatable bonds is 4. The van der Waals surface area contributed by atoms with E-state index in [2.05, 4.69) is 9.99 Å². The van der Waals surface area contributed by atoms with Crippen molar-refractivity contribution in [2.24, 2.45) is 5.16 Å². The van der Waals surface area contributed by atoms with Gasteiger partial charge in [0.05, 0.1) is 11.3 Å². The molecule has 18 heavy (non-hydrogen) atoms. The molecule has 4 nitrogen and oxygen atoms in total. The zero-order chi connectivity index (χ0) is 13.8. The minimum absolute atomic E-state index is 0.169. The van der Waals surface area contributed by atoms with E-state index >= 15 is 0 Å². The summed E-state index contributed by atoms with van der Waals surface area (Å²) < 4.78 is 37.3. The Kier molecular flexibility index (Phi) is 4.30. The lowest BCUT2D eigenvalue weighted by molar-refractivity contribution is -0.142. The first-order valence-corrected chi connectivity index (χ1v) is 4.86. The van der Waals surface area contributed by atoms with Crippen LogP contribution in [0, 0.1) is 0 Å². The molecule has 0 unspecified atom stereocenters. The molecule has 0 bridgehead atoms. The Morgan fingerprint density at radius 2 is 2.11 bits per heavy atom. The van der Waals surface area contributed by atoms with E-state index in [1.54, 1.807) is 0 Å². The zero-order valence-electron chi connectivity index (χ0n) is 9.36. The van der Waals surface area contributed by atoms with E-state index in [-0.39, 0.29) is 11.3 Å². The molecule has 0 saturated carbocycles. The van der Waals surface area contributed by atoms with Gasteiger partial charge in [0.2, 0.25) is 6.61 Å². The number of nitrogens with zero attached hydrogens (tertiary/aromatic N) is 1. The fraction of sp³-hybridized carbons (Fsp3) is 0.273. The van der Waals surface area contributed by atoms with E-state index in [1.165, 1.54) is 19.1 Å². The molecule has 0 aliphatic rings. The topological polar surface area (TPSA) is 58.9 Å². The first-order chi connectivity index (χ1) is 8.30. The summed E-state index contributed by atoms with van der Waals surface area (Å²) in [6, 6.07) is 4.53. The van der Waals surface area contributed by atoms with Crippen LogP contribution < -0.4 is 0 Å². The quantitative estimate of drug-likeness (QED) is 0.669. The predicted molar refractivity (Wildman–Crippen MR) is 57.2 cm³/mol. The van der Waals surface area contributed by atoms with Crippen molar-refractivity contribution in [1.29, 1.82) is 0 Å². The molecule has 1 aromatic carbocycles. The summed E-state index contributed by atoms with van der Waals surface area (Å²) in [6.45, 7) is 0.785. The van der Waals surface area contributed by atoms with Crippen LogP contribution in [0.2, 0.25) is 0 Å². The smallest absolute Gasteiger partial charge is 0.416 e. The average Bonchev–Trinajstić information content (AvgIpc) is 2.27. The molecular weight excluding hydrogens is 251 g/mol. The first-order valence-electron chi connectivity index (χ1n) is 4.86. The average molecular weight is 261 g/mol. The van der Waals surface area contributed by atoms with Crippen molar-refractivity contribution in [2.75, 3.05) is 6.61 Å². The fourth-order valence-electron chi connectivity index (χ4n) is 1.16. The van der Waals surface area contributed by atoms with Crippen LogP contribution in [0.4, 0.5) is 13.2 Å². The van der Waals surface area contributed by atoms with Gasteiger partial charge in [-0.2, -0.15) is 13.2 Å². The first kappa shape index (κ1) is 14.0. The van der Waals surface area contributed by atoms with Gasteiger partial charge in [-0.25, -0.2) is 4.79 Å². The van der Waals surface area contributed by atoms with E-state index in [4.69, 9.17) is 5.11 Å². The number of alkyl halides is 3. The van der Waals surface area contributed by atoms with Crippen LogP contribution in [0.1, 0.15) is 18.1 Å². The molecule has 0 aromatic heterocycles. The van der Waals surface area contributed by atoms with Gasteiger partial charge < -0.3 is 9.94 Å². The van der Waals surface area contributed by atoms with Crippen LogP contribution in [0.15, 0.2) is 29.4 Å². The zero-order valence-corrected chi connectivity index (χ0v) is 9.36. The third-order valence-corrected chi connectivity index (χ3v) is 2.00. The van der Waals surface area contributed by atoms with Crippen LogP contribution in [0.25, 0.3) is 0 Å². The number of benzene rings is 1. The van der Waals surface area contributed by atoms with E-state index in [0.717, 1.165) is 12.1 Å². The maximum absolute atomic E-state index is 12.4. The molecule has 1 N–H and O–H groups in total. The summed E-state index contributed by atoms with van der Waals surface area (Å²) >= 11 is 0. The lowest BCUT2D eigenvalue weighted by Crippen LogP contribution is -2.08. The van der Waals surface area contributed by atoms with Crippen molar-refractivity contribution < 1.29 is 27.9 Å². The van der Waals surface area contributed by atoms with Crippen molar-refractivity contribution >= 4 is 11.7 Å². The third-order valence-electron chi connectivity index (χ3n) is 2.00. The van der Waals surface area contributed by atoms with Gasteiger partial charge in [-0.15, -0.1) is 0 Å². The summed E-state index contributed by atoms with van der Waals surface area (Å²) in [4.78, 5) is 14.6. The van der Waals surface area contributed by atoms with Gasteiger partial charge in [0.1, 0.15) is 0 Å². The Balaban J connectivity index is 2.86. The van der Waals surface area contributed by atoms with Gasteiger partial charge in [-0.3, -0.25) is 0 Å². The highest BCUT2D eigenvalue weighted by Crippen LogP contribution is 2.29. The molecule has 1 rings (SSSR count). The molecule has 0 spiro atoms. The molecule has 0 heterocycles. The summed E-state index contributed by atoms with van der Waals surface area (Å²) in [5, 5.41) is 11.7. The van der Waals surface area contributed by atoms with Crippen LogP contribution in [-0.4, -0.2) is 23.4 Å². The maximum atomic E-state index is 12.4.